The number of phenolic OH excluding ortho intramolecular Hbond substituents is 1. The summed E-state index contributed by atoms with van der Waals surface area (Å²) in [6, 6.07) is 18.7. The van der Waals surface area contributed by atoms with Crippen molar-refractivity contribution in [2.45, 2.75) is 38.5 Å². The Morgan fingerprint density at radius 2 is 1.79 bits per heavy atom. The molecule has 274 valence electrons. The van der Waals surface area contributed by atoms with Gasteiger partial charge in [0.25, 0.3) is 5.91 Å². The number of halogens is 2. The Kier molecular flexibility index (Phi) is 12.8. The fourth-order valence-electron chi connectivity index (χ4n) is 6.00. The van der Waals surface area contributed by atoms with E-state index < -0.39 is 29.3 Å². The molecule has 0 aliphatic carbocycles. The van der Waals surface area contributed by atoms with Gasteiger partial charge in [0, 0.05) is 48.6 Å². The molecule has 13 heteroatoms. The zero-order valence-electron chi connectivity index (χ0n) is 29.0. The molecule has 1 heterocycles. The fraction of sp³-hybridized carbons (Fsp3) is 0.225. The molecule has 1 atom stereocenters. The van der Waals surface area contributed by atoms with Crippen LogP contribution in [-0.2, 0) is 40.4 Å². The molecular formula is C40H40F2N6O5. The second-order valence-electron chi connectivity index (χ2n) is 12.3. The van der Waals surface area contributed by atoms with Crippen molar-refractivity contribution in [3.63, 3.8) is 0 Å². The summed E-state index contributed by atoms with van der Waals surface area (Å²) in [6.45, 7) is 11.5. The molecule has 5 rings (SSSR count). The van der Waals surface area contributed by atoms with Crippen LogP contribution in [0.3, 0.4) is 0 Å². The Hall–Kier alpha value is -6.21. The minimum atomic E-state index is -1.08. The van der Waals surface area contributed by atoms with E-state index in [2.05, 4.69) is 45.9 Å². The Balaban J connectivity index is 1.20. The minimum Gasteiger partial charge on any atom is -0.505 e. The van der Waals surface area contributed by atoms with Crippen LogP contribution in [0.5, 0.6) is 5.75 Å². The number of aliphatic imine (C=N–C) groups is 2. The number of rotatable bonds is 16. The standard InChI is InChI=1S/C40H40F2N6O5/c1-4-26-9-10-28(19-34(26)46-23-32-33(41)11-12-36(49)38(32)42)40(52)48-24-29-8-6-5-7-27(29)20-35(48)39(51)45-14-16-53-15-13-37(50)47-31-18-25(22-43-2)17-30(21-31)44-3/h4-12,17-19,21,35,46,49H,1-3,13-16,20,22-24H2,(H,45,51)(H,47,50)/t35-/m0/s1. The van der Waals surface area contributed by atoms with Gasteiger partial charge < -0.3 is 30.7 Å². The highest BCUT2D eigenvalue weighted by molar-refractivity contribution is 5.99. The molecule has 4 aromatic rings. The average molecular weight is 723 g/mol. The summed E-state index contributed by atoms with van der Waals surface area (Å²) in [5, 5.41) is 18.3. The van der Waals surface area contributed by atoms with Crippen molar-refractivity contribution in [1.82, 2.24) is 10.2 Å². The third-order valence-corrected chi connectivity index (χ3v) is 8.71. The van der Waals surface area contributed by atoms with E-state index in [-0.39, 0.29) is 68.6 Å². The molecule has 3 amide bonds. The molecule has 0 radical (unpaired) electrons. The lowest BCUT2D eigenvalue weighted by molar-refractivity contribution is -0.126. The van der Waals surface area contributed by atoms with Crippen molar-refractivity contribution < 1.29 is 33.0 Å². The molecule has 1 aliphatic heterocycles. The topological polar surface area (TPSA) is 145 Å². The van der Waals surface area contributed by atoms with Gasteiger partial charge in [0.05, 0.1) is 31.9 Å². The SMILES string of the molecule is C=Cc1ccc(C(=O)N2Cc3ccccc3C[C@H]2C(=O)NCCOCCC(=O)Nc2cc(CN=C)cc(N=C)c2)cc1NCc1c(F)ccc(O)c1F. The van der Waals surface area contributed by atoms with Crippen LogP contribution >= 0.6 is 0 Å². The maximum absolute atomic E-state index is 14.5. The van der Waals surface area contributed by atoms with Crippen LogP contribution in [-0.4, -0.2) is 67.0 Å². The summed E-state index contributed by atoms with van der Waals surface area (Å²) in [6.07, 6.45) is 1.90. The van der Waals surface area contributed by atoms with E-state index >= 15 is 0 Å². The first kappa shape index (κ1) is 38.0. The van der Waals surface area contributed by atoms with Crippen LogP contribution in [0, 0.1) is 11.6 Å². The van der Waals surface area contributed by atoms with Gasteiger partial charge in [-0.25, -0.2) is 8.78 Å². The number of fused-ring (bicyclic) bond motifs is 1. The number of nitrogens with one attached hydrogen (secondary N) is 3. The first-order chi connectivity index (χ1) is 25.6. The van der Waals surface area contributed by atoms with Gasteiger partial charge in [-0.15, -0.1) is 0 Å². The fourth-order valence-corrected chi connectivity index (χ4v) is 6.00. The van der Waals surface area contributed by atoms with Gasteiger partial charge in [-0.3, -0.25) is 24.4 Å². The first-order valence-electron chi connectivity index (χ1n) is 16.8. The molecular weight excluding hydrogens is 682 g/mol. The number of carbonyl (C=O) groups is 3. The zero-order chi connectivity index (χ0) is 37.9. The Labute approximate surface area is 306 Å². The summed E-state index contributed by atoms with van der Waals surface area (Å²) in [4.78, 5) is 49.4. The number of hydrogen-bond acceptors (Lipinski definition) is 8. The quantitative estimate of drug-likeness (QED) is 0.0803. The number of hydrogen-bond donors (Lipinski definition) is 4. The molecule has 1 aliphatic rings. The smallest absolute Gasteiger partial charge is 0.254 e. The van der Waals surface area contributed by atoms with Crippen molar-refractivity contribution >= 4 is 54.3 Å². The van der Waals surface area contributed by atoms with Crippen LogP contribution in [0.4, 0.5) is 25.8 Å². The molecule has 4 aromatic carbocycles. The summed E-state index contributed by atoms with van der Waals surface area (Å²) in [7, 11) is 0. The summed E-state index contributed by atoms with van der Waals surface area (Å²) < 4.78 is 34.5. The monoisotopic (exact) mass is 722 g/mol. The Morgan fingerprint density at radius 1 is 1.00 bits per heavy atom. The predicted octanol–water partition coefficient (Wildman–Crippen LogP) is 6.19. The van der Waals surface area contributed by atoms with Crippen molar-refractivity contribution in [2.24, 2.45) is 9.98 Å². The molecule has 0 spiro atoms. The van der Waals surface area contributed by atoms with Gasteiger partial charge in [0.15, 0.2) is 11.6 Å². The number of phenols is 1. The second kappa shape index (κ2) is 17.8. The van der Waals surface area contributed by atoms with Gasteiger partial charge >= 0.3 is 0 Å². The maximum Gasteiger partial charge on any atom is 0.254 e. The Bertz CT molecular complexity index is 2040. The van der Waals surface area contributed by atoms with Crippen LogP contribution in [0.15, 0.2) is 89.4 Å². The Morgan fingerprint density at radius 3 is 2.55 bits per heavy atom. The van der Waals surface area contributed by atoms with Crippen molar-refractivity contribution in [2.75, 3.05) is 30.4 Å². The molecule has 53 heavy (non-hydrogen) atoms. The van der Waals surface area contributed by atoms with Gasteiger partial charge in [-0.05, 0) is 78.2 Å². The molecule has 11 nitrogen and oxygen atoms in total. The highest BCUT2D eigenvalue weighted by Gasteiger charge is 2.35. The number of ether oxygens (including phenoxy) is 1. The van der Waals surface area contributed by atoms with Crippen molar-refractivity contribution in [3.8, 4) is 5.75 Å². The largest absolute Gasteiger partial charge is 0.505 e. The number of anilines is 2. The van der Waals surface area contributed by atoms with Gasteiger partial charge in [-0.2, -0.15) is 0 Å². The van der Waals surface area contributed by atoms with E-state index in [0.717, 1.165) is 28.8 Å². The van der Waals surface area contributed by atoms with E-state index in [1.165, 1.54) is 11.0 Å². The number of benzene rings is 4. The molecule has 4 N–H and O–H groups in total. The van der Waals surface area contributed by atoms with E-state index in [1.807, 2.05) is 24.3 Å². The maximum atomic E-state index is 14.5. The third kappa shape index (κ3) is 9.57. The first-order valence-corrected chi connectivity index (χ1v) is 16.8. The van der Waals surface area contributed by atoms with E-state index in [9.17, 15) is 28.3 Å². The molecule has 0 saturated heterocycles. The lowest BCUT2D eigenvalue weighted by Gasteiger charge is -2.36. The lowest BCUT2D eigenvalue weighted by atomic mass is 9.92. The number of aromatic hydroxyl groups is 1. The highest BCUT2D eigenvalue weighted by atomic mass is 19.1. The predicted molar refractivity (Wildman–Crippen MR) is 202 cm³/mol. The van der Waals surface area contributed by atoms with E-state index in [4.69, 9.17) is 4.74 Å². The zero-order valence-corrected chi connectivity index (χ0v) is 29.0. The van der Waals surface area contributed by atoms with E-state index in [0.29, 0.717) is 29.2 Å². The number of amides is 3. The summed E-state index contributed by atoms with van der Waals surface area (Å²) >= 11 is 0. The van der Waals surface area contributed by atoms with Crippen molar-refractivity contribution in [3.05, 3.63) is 124 Å². The molecule has 0 unspecified atom stereocenters. The normalized spacial score (nSPS) is 13.4. The third-order valence-electron chi connectivity index (χ3n) is 8.71. The van der Waals surface area contributed by atoms with Gasteiger partial charge in [0.2, 0.25) is 11.8 Å². The van der Waals surface area contributed by atoms with Gasteiger partial charge in [0.1, 0.15) is 11.9 Å². The molecule has 0 fully saturated rings. The lowest BCUT2D eigenvalue weighted by Crippen LogP contribution is -2.53. The highest BCUT2D eigenvalue weighted by Crippen LogP contribution is 2.29. The van der Waals surface area contributed by atoms with Gasteiger partial charge in [-0.1, -0.05) is 43.0 Å². The summed E-state index contributed by atoms with van der Waals surface area (Å²) in [5.41, 5.74) is 4.68. The van der Waals surface area contributed by atoms with E-state index in [1.54, 1.807) is 36.4 Å². The molecule has 0 saturated carbocycles. The molecule has 0 bridgehead atoms. The van der Waals surface area contributed by atoms with Crippen LogP contribution in [0.1, 0.15) is 44.6 Å². The van der Waals surface area contributed by atoms with Crippen LogP contribution < -0.4 is 16.0 Å². The van der Waals surface area contributed by atoms with Crippen LogP contribution in [0.25, 0.3) is 6.08 Å². The summed E-state index contributed by atoms with van der Waals surface area (Å²) in [5.74, 6) is -3.65. The number of carbonyl (C=O) groups excluding carboxylic acids is 3. The average Bonchev–Trinajstić information content (AvgIpc) is 3.16. The molecule has 0 aromatic heterocycles. The minimum absolute atomic E-state index is 0.0790. The number of nitrogens with zero attached hydrogens (tertiary/aromatic N) is 3. The van der Waals surface area contributed by atoms with Crippen molar-refractivity contribution in [1.29, 1.82) is 0 Å². The van der Waals surface area contributed by atoms with Crippen LogP contribution in [0.2, 0.25) is 0 Å². The second-order valence-corrected chi connectivity index (χ2v) is 12.3.